The van der Waals surface area contributed by atoms with Crippen LogP contribution >= 0.6 is 12.4 Å². The minimum atomic E-state index is -0.559. The van der Waals surface area contributed by atoms with Crippen LogP contribution in [0.2, 0.25) is 0 Å². The molecule has 2 fully saturated rings. The van der Waals surface area contributed by atoms with Gasteiger partial charge >= 0.3 is 0 Å². The highest BCUT2D eigenvalue weighted by Gasteiger charge is 2.48. The first-order chi connectivity index (χ1) is 6.65. The molecule has 2 rings (SSSR count). The van der Waals surface area contributed by atoms with Crippen molar-refractivity contribution < 1.29 is 9.53 Å². The fourth-order valence-electron chi connectivity index (χ4n) is 1.71. The summed E-state index contributed by atoms with van der Waals surface area (Å²) in [7, 11) is 0. The second-order valence-electron chi connectivity index (χ2n) is 4.14. The summed E-state index contributed by atoms with van der Waals surface area (Å²) in [5.74, 6) is 0.0688. The zero-order chi connectivity index (χ0) is 10.2. The standard InChI is InChI=1S/C9H17N3O2.ClH/c10-5-7-6-12(3-4-14-7)8(13)9(11)1-2-9;/h7H,1-6,10-11H2;1H. The molecule has 0 aromatic heterocycles. The van der Waals surface area contributed by atoms with Gasteiger partial charge in [-0.25, -0.2) is 0 Å². The van der Waals surface area contributed by atoms with E-state index in [1.54, 1.807) is 4.90 Å². The lowest BCUT2D eigenvalue weighted by atomic mass is 10.2. The number of hydrogen-bond donors (Lipinski definition) is 2. The molecule has 4 N–H and O–H groups in total. The van der Waals surface area contributed by atoms with Gasteiger partial charge in [0.05, 0.1) is 18.2 Å². The van der Waals surface area contributed by atoms with Crippen LogP contribution in [-0.4, -0.2) is 48.7 Å². The molecule has 5 nitrogen and oxygen atoms in total. The second-order valence-corrected chi connectivity index (χ2v) is 4.14. The van der Waals surface area contributed by atoms with Crippen molar-refractivity contribution in [1.82, 2.24) is 4.90 Å². The third kappa shape index (κ3) is 2.60. The summed E-state index contributed by atoms with van der Waals surface area (Å²) in [5.41, 5.74) is 10.8. The Kier molecular flexibility index (Phi) is 3.94. The van der Waals surface area contributed by atoms with E-state index in [1.807, 2.05) is 0 Å². The van der Waals surface area contributed by atoms with Gasteiger partial charge in [0, 0.05) is 19.6 Å². The zero-order valence-electron chi connectivity index (χ0n) is 8.65. The second kappa shape index (κ2) is 4.65. The Bertz CT molecular complexity index is 246. The number of hydrogen-bond acceptors (Lipinski definition) is 4. The number of nitrogens with two attached hydrogens (primary N) is 2. The first-order valence-electron chi connectivity index (χ1n) is 5.06. The van der Waals surface area contributed by atoms with Crippen LogP contribution in [0.15, 0.2) is 0 Å². The molecule has 1 aliphatic carbocycles. The molecule has 1 atom stereocenters. The van der Waals surface area contributed by atoms with E-state index in [1.165, 1.54) is 0 Å². The monoisotopic (exact) mass is 235 g/mol. The molecule has 1 unspecified atom stereocenters. The Morgan fingerprint density at radius 3 is 2.73 bits per heavy atom. The summed E-state index contributed by atoms with van der Waals surface area (Å²) >= 11 is 0. The number of nitrogens with zero attached hydrogens (tertiary/aromatic N) is 1. The summed E-state index contributed by atoms with van der Waals surface area (Å²) in [4.78, 5) is 13.6. The molecule has 0 aromatic carbocycles. The molecule has 1 amide bonds. The van der Waals surface area contributed by atoms with Gasteiger partial charge in [-0.1, -0.05) is 0 Å². The van der Waals surface area contributed by atoms with E-state index in [4.69, 9.17) is 16.2 Å². The third-order valence-corrected chi connectivity index (χ3v) is 2.90. The fourth-order valence-corrected chi connectivity index (χ4v) is 1.71. The normalized spacial score (nSPS) is 28.1. The molecule has 15 heavy (non-hydrogen) atoms. The first kappa shape index (κ1) is 12.7. The number of halogens is 1. The van der Waals surface area contributed by atoms with Crippen LogP contribution in [0.4, 0.5) is 0 Å². The topological polar surface area (TPSA) is 81.6 Å². The van der Waals surface area contributed by atoms with Crippen LogP contribution in [0.25, 0.3) is 0 Å². The number of amides is 1. The molecule has 1 saturated carbocycles. The molecule has 88 valence electrons. The Labute approximate surface area is 95.5 Å². The Balaban J connectivity index is 0.00000112. The minimum absolute atomic E-state index is 0. The van der Waals surface area contributed by atoms with E-state index < -0.39 is 5.54 Å². The summed E-state index contributed by atoms with van der Waals surface area (Å²) in [6.07, 6.45) is 1.61. The maximum Gasteiger partial charge on any atom is 0.242 e. The van der Waals surface area contributed by atoms with Gasteiger partial charge in [0.1, 0.15) is 0 Å². The SMILES string of the molecule is Cl.NCC1CN(C(=O)C2(N)CC2)CCO1. The molecule has 2 aliphatic rings. The van der Waals surface area contributed by atoms with Crippen molar-refractivity contribution >= 4 is 18.3 Å². The van der Waals surface area contributed by atoms with E-state index in [9.17, 15) is 4.79 Å². The average molecular weight is 236 g/mol. The van der Waals surface area contributed by atoms with Crippen molar-refractivity contribution in [2.45, 2.75) is 24.5 Å². The van der Waals surface area contributed by atoms with Gasteiger partial charge in [-0.3, -0.25) is 4.79 Å². The molecule has 0 radical (unpaired) electrons. The van der Waals surface area contributed by atoms with Gasteiger partial charge in [0.15, 0.2) is 0 Å². The first-order valence-corrected chi connectivity index (χ1v) is 5.06. The number of morpholine rings is 1. The molecule has 1 heterocycles. The molecule has 0 bridgehead atoms. The van der Waals surface area contributed by atoms with Crippen molar-refractivity contribution in [1.29, 1.82) is 0 Å². The quantitative estimate of drug-likeness (QED) is 0.649. The Hall–Kier alpha value is -0.360. The highest BCUT2D eigenvalue weighted by molar-refractivity contribution is 5.89. The maximum absolute atomic E-state index is 11.8. The van der Waals surface area contributed by atoms with Crippen LogP contribution in [0, 0.1) is 0 Å². The summed E-state index contributed by atoms with van der Waals surface area (Å²) in [5, 5.41) is 0. The predicted molar refractivity (Wildman–Crippen MR) is 58.8 cm³/mol. The van der Waals surface area contributed by atoms with Crippen molar-refractivity contribution in [2.24, 2.45) is 11.5 Å². The molecule has 0 aromatic rings. The minimum Gasteiger partial charge on any atom is -0.373 e. The maximum atomic E-state index is 11.8. The van der Waals surface area contributed by atoms with E-state index in [2.05, 4.69) is 0 Å². The molecular weight excluding hydrogens is 218 g/mol. The average Bonchev–Trinajstić information content (AvgIpc) is 2.97. The zero-order valence-corrected chi connectivity index (χ0v) is 9.46. The predicted octanol–water partition coefficient (Wildman–Crippen LogP) is -0.914. The lowest BCUT2D eigenvalue weighted by Gasteiger charge is -2.33. The number of carbonyl (C=O) groups excluding carboxylic acids is 1. The van der Waals surface area contributed by atoms with Crippen LogP contribution in [0.5, 0.6) is 0 Å². The molecule has 6 heteroatoms. The van der Waals surface area contributed by atoms with Gasteiger partial charge in [-0.15, -0.1) is 12.4 Å². The van der Waals surface area contributed by atoms with Gasteiger partial charge < -0.3 is 21.1 Å². The van der Waals surface area contributed by atoms with E-state index in [0.717, 1.165) is 12.8 Å². The van der Waals surface area contributed by atoms with Crippen molar-refractivity contribution in [2.75, 3.05) is 26.2 Å². The fraction of sp³-hybridized carbons (Fsp3) is 0.889. The highest BCUT2D eigenvalue weighted by Crippen LogP contribution is 2.34. The third-order valence-electron chi connectivity index (χ3n) is 2.90. The highest BCUT2D eigenvalue weighted by atomic mass is 35.5. The van der Waals surface area contributed by atoms with Crippen LogP contribution in [0.3, 0.4) is 0 Å². The number of rotatable bonds is 2. The van der Waals surface area contributed by atoms with Crippen LogP contribution in [-0.2, 0) is 9.53 Å². The van der Waals surface area contributed by atoms with Crippen LogP contribution in [0.1, 0.15) is 12.8 Å². The van der Waals surface area contributed by atoms with E-state index >= 15 is 0 Å². The molecule has 1 saturated heterocycles. The summed E-state index contributed by atoms with van der Waals surface area (Å²) in [6, 6.07) is 0. The molecular formula is C9H18ClN3O2. The smallest absolute Gasteiger partial charge is 0.242 e. The lowest BCUT2D eigenvalue weighted by molar-refractivity contribution is -0.140. The molecule has 1 aliphatic heterocycles. The van der Waals surface area contributed by atoms with E-state index in [-0.39, 0.29) is 24.4 Å². The molecule has 0 spiro atoms. The van der Waals surface area contributed by atoms with Gasteiger partial charge in [0.2, 0.25) is 5.91 Å². The van der Waals surface area contributed by atoms with Crippen LogP contribution < -0.4 is 11.5 Å². The number of carbonyl (C=O) groups is 1. The summed E-state index contributed by atoms with van der Waals surface area (Å²) < 4.78 is 5.38. The van der Waals surface area contributed by atoms with Crippen molar-refractivity contribution in [3.8, 4) is 0 Å². The Morgan fingerprint density at radius 2 is 2.20 bits per heavy atom. The van der Waals surface area contributed by atoms with E-state index in [0.29, 0.717) is 26.2 Å². The summed E-state index contributed by atoms with van der Waals surface area (Å²) in [6.45, 7) is 2.27. The van der Waals surface area contributed by atoms with Gasteiger partial charge in [0.25, 0.3) is 0 Å². The van der Waals surface area contributed by atoms with Crippen molar-refractivity contribution in [3.63, 3.8) is 0 Å². The van der Waals surface area contributed by atoms with Crippen molar-refractivity contribution in [3.05, 3.63) is 0 Å². The van der Waals surface area contributed by atoms with Gasteiger partial charge in [-0.05, 0) is 12.8 Å². The Morgan fingerprint density at radius 1 is 1.53 bits per heavy atom. The van der Waals surface area contributed by atoms with Gasteiger partial charge in [-0.2, -0.15) is 0 Å². The lowest BCUT2D eigenvalue weighted by Crippen LogP contribution is -2.53. The largest absolute Gasteiger partial charge is 0.373 e. The number of ether oxygens (including phenoxy) is 1.